The Morgan fingerprint density at radius 3 is 2.84 bits per heavy atom. The summed E-state index contributed by atoms with van der Waals surface area (Å²) in [5.74, 6) is 0.0555. The maximum atomic E-state index is 10.8. The zero-order valence-electron chi connectivity index (χ0n) is 11.1. The molecule has 0 atom stereocenters. The fourth-order valence-electron chi connectivity index (χ4n) is 1.88. The summed E-state index contributed by atoms with van der Waals surface area (Å²) in [6.45, 7) is 3.71. The van der Waals surface area contributed by atoms with Crippen molar-refractivity contribution in [3.05, 3.63) is 18.4 Å². The lowest BCUT2D eigenvalue weighted by Crippen LogP contribution is -2.19. The molecule has 0 saturated carbocycles. The van der Waals surface area contributed by atoms with Crippen LogP contribution in [0.1, 0.15) is 26.2 Å². The average Bonchev–Trinajstić information content (AvgIpc) is 2.84. The van der Waals surface area contributed by atoms with E-state index < -0.39 is 11.4 Å². The Morgan fingerprint density at radius 1 is 1.53 bits per heavy atom. The maximum absolute atomic E-state index is 10.8. The molecule has 0 amide bonds. The minimum atomic E-state index is -0.837. The molecule has 0 aliphatic rings. The van der Waals surface area contributed by atoms with E-state index in [1.165, 1.54) is 0 Å². The van der Waals surface area contributed by atoms with Gasteiger partial charge in [0.05, 0.1) is 18.9 Å². The van der Waals surface area contributed by atoms with Crippen LogP contribution >= 0.6 is 0 Å². The van der Waals surface area contributed by atoms with E-state index in [0.29, 0.717) is 18.1 Å². The predicted octanol–water partition coefficient (Wildman–Crippen LogP) is 1.51. The van der Waals surface area contributed by atoms with E-state index >= 15 is 0 Å². The van der Waals surface area contributed by atoms with E-state index in [4.69, 9.17) is 9.63 Å². The van der Waals surface area contributed by atoms with Crippen molar-refractivity contribution >= 4 is 5.97 Å². The summed E-state index contributed by atoms with van der Waals surface area (Å²) in [7, 11) is 1.84. The summed E-state index contributed by atoms with van der Waals surface area (Å²) in [5, 5.41) is 12.7. The van der Waals surface area contributed by atoms with Gasteiger partial charge in [-0.2, -0.15) is 4.98 Å². The van der Waals surface area contributed by atoms with E-state index in [2.05, 4.69) is 15.1 Å². The quantitative estimate of drug-likeness (QED) is 0.879. The van der Waals surface area contributed by atoms with Crippen LogP contribution in [0, 0.1) is 5.41 Å². The Bertz CT molecular complexity index is 585. The lowest BCUT2D eigenvalue weighted by molar-refractivity contribution is -0.139. The van der Waals surface area contributed by atoms with Gasteiger partial charge in [0.1, 0.15) is 5.69 Å². The van der Waals surface area contributed by atoms with Crippen molar-refractivity contribution in [2.24, 2.45) is 12.5 Å². The number of rotatable bonds is 5. The molecular weight excluding hydrogens is 248 g/mol. The minimum Gasteiger partial charge on any atom is -0.481 e. The highest BCUT2D eigenvalue weighted by molar-refractivity contribution is 5.67. The van der Waals surface area contributed by atoms with Gasteiger partial charge in [-0.25, -0.2) is 4.98 Å². The largest absolute Gasteiger partial charge is 0.481 e. The van der Waals surface area contributed by atoms with E-state index in [9.17, 15) is 4.79 Å². The Morgan fingerprint density at radius 2 is 2.26 bits per heavy atom. The van der Waals surface area contributed by atoms with Crippen molar-refractivity contribution in [2.45, 2.75) is 26.7 Å². The van der Waals surface area contributed by atoms with Gasteiger partial charge in [-0.15, -0.1) is 0 Å². The summed E-state index contributed by atoms with van der Waals surface area (Å²) < 4.78 is 6.95. The number of carboxylic acid groups (broad SMARTS) is 1. The van der Waals surface area contributed by atoms with Gasteiger partial charge in [-0.3, -0.25) is 4.79 Å². The molecule has 7 nitrogen and oxygen atoms in total. The molecule has 2 aromatic rings. The topological polar surface area (TPSA) is 94.0 Å². The molecule has 7 heteroatoms. The molecule has 1 N–H and O–H groups in total. The highest BCUT2D eigenvalue weighted by atomic mass is 16.5. The van der Waals surface area contributed by atoms with Crippen LogP contribution in [0.3, 0.4) is 0 Å². The number of carbonyl (C=O) groups is 1. The van der Waals surface area contributed by atoms with Crippen molar-refractivity contribution in [1.82, 2.24) is 19.7 Å². The van der Waals surface area contributed by atoms with Crippen LogP contribution in [0.5, 0.6) is 0 Å². The number of imidazole rings is 1. The van der Waals surface area contributed by atoms with Gasteiger partial charge in [-0.05, 0) is 5.41 Å². The number of aliphatic carboxylic acids is 1. The smallest absolute Gasteiger partial charge is 0.303 e. The lowest BCUT2D eigenvalue weighted by atomic mass is 9.86. The number of nitrogens with zero attached hydrogens (tertiary/aromatic N) is 4. The first-order valence-corrected chi connectivity index (χ1v) is 5.88. The van der Waals surface area contributed by atoms with Crippen LogP contribution in [0.25, 0.3) is 11.5 Å². The number of carboxylic acids is 1. The molecule has 19 heavy (non-hydrogen) atoms. The second-order valence-corrected chi connectivity index (χ2v) is 5.31. The molecule has 2 aromatic heterocycles. The second kappa shape index (κ2) is 4.83. The van der Waals surface area contributed by atoms with Crippen LogP contribution in [0.2, 0.25) is 0 Å². The van der Waals surface area contributed by atoms with Crippen LogP contribution in [-0.4, -0.2) is 30.8 Å². The Balaban J connectivity index is 2.14. The van der Waals surface area contributed by atoms with Crippen molar-refractivity contribution < 1.29 is 14.4 Å². The lowest BCUT2D eigenvalue weighted by Gasteiger charge is -2.19. The number of aryl methyl sites for hydroxylation is 1. The number of aromatic nitrogens is 4. The second-order valence-electron chi connectivity index (χ2n) is 5.31. The number of hydrogen-bond donors (Lipinski definition) is 1. The van der Waals surface area contributed by atoms with Gasteiger partial charge in [0, 0.05) is 13.5 Å². The monoisotopic (exact) mass is 264 g/mol. The summed E-state index contributed by atoms with van der Waals surface area (Å²) in [6.07, 6.45) is 3.78. The molecule has 0 spiro atoms. The molecule has 0 aliphatic carbocycles. The van der Waals surface area contributed by atoms with Gasteiger partial charge >= 0.3 is 5.97 Å². The fraction of sp³-hybridized carbons (Fsp3) is 0.500. The van der Waals surface area contributed by atoms with E-state index in [1.54, 1.807) is 17.1 Å². The molecule has 2 rings (SSSR count). The van der Waals surface area contributed by atoms with Crippen LogP contribution < -0.4 is 0 Å². The van der Waals surface area contributed by atoms with Crippen LogP contribution in [0.15, 0.2) is 17.0 Å². The Kier molecular flexibility index (Phi) is 3.37. The molecule has 2 heterocycles. The Labute approximate surface area is 110 Å². The Hall–Kier alpha value is -2.18. The summed E-state index contributed by atoms with van der Waals surface area (Å²) in [4.78, 5) is 19.0. The molecule has 0 saturated heterocycles. The molecule has 0 aromatic carbocycles. The van der Waals surface area contributed by atoms with Gasteiger partial charge in [0.15, 0.2) is 0 Å². The van der Waals surface area contributed by atoms with Crippen molar-refractivity contribution in [1.29, 1.82) is 0 Å². The average molecular weight is 264 g/mol. The van der Waals surface area contributed by atoms with Crippen LogP contribution in [-0.2, 0) is 18.3 Å². The molecule has 102 valence electrons. The van der Waals surface area contributed by atoms with E-state index in [1.807, 2.05) is 20.9 Å². The molecule has 0 fully saturated rings. The number of hydrogen-bond acceptors (Lipinski definition) is 5. The predicted molar refractivity (Wildman–Crippen MR) is 66.2 cm³/mol. The molecule has 0 radical (unpaired) electrons. The standard InChI is InChI=1S/C12H16N4O3/c1-12(2,5-10(17)18)4-9-14-11(15-19-9)8-6-13-7-16(8)3/h6-7H,4-5H2,1-3H3,(H,17,18). The minimum absolute atomic E-state index is 0.0520. The highest BCUT2D eigenvalue weighted by Crippen LogP contribution is 2.26. The third kappa shape index (κ3) is 3.18. The van der Waals surface area contributed by atoms with Crippen molar-refractivity contribution in [3.63, 3.8) is 0 Å². The van der Waals surface area contributed by atoms with E-state index in [0.717, 1.165) is 5.69 Å². The summed E-state index contributed by atoms with van der Waals surface area (Å²) in [6, 6.07) is 0. The first-order valence-electron chi connectivity index (χ1n) is 5.88. The SMILES string of the molecule is Cn1cncc1-c1noc(CC(C)(C)CC(=O)O)n1. The molecule has 0 unspecified atom stereocenters. The summed E-state index contributed by atoms with van der Waals surface area (Å²) >= 11 is 0. The fourth-order valence-corrected chi connectivity index (χ4v) is 1.88. The van der Waals surface area contributed by atoms with Gasteiger partial charge in [0.2, 0.25) is 11.7 Å². The first-order chi connectivity index (χ1) is 8.87. The normalized spacial score (nSPS) is 11.7. The molecular formula is C12H16N4O3. The van der Waals surface area contributed by atoms with Crippen molar-refractivity contribution in [2.75, 3.05) is 0 Å². The van der Waals surface area contributed by atoms with Gasteiger partial charge < -0.3 is 14.2 Å². The third-order valence-electron chi connectivity index (χ3n) is 2.77. The molecule has 0 bridgehead atoms. The summed E-state index contributed by atoms with van der Waals surface area (Å²) in [5.41, 5.74) is 0.327. The van der Waals surface area contributed by atoms with Crippen LogP contribution in [0.4, 0.5) is 0 Å². The van der Waals surface area contributed by atoms with Crippen molar-refractivity contribution in [3.8, 4) is 11.5 Å². The zero-order chi connectivity index (χ0) is 14.0. The highest BCUT2D eigenvalue weighted by Gasteiger charge is 2.25. The maximum Gasteiger partial charge on any atom is 0.303 e. The van der Waals surface area contributed by atoms with Gasteiger partial charge in [-0.1, -0.05) is 19.0 Å². The zero-order valence-corrected chi connectivity index (χ0v) is 11.1. The first kappa shape index (κ1) is 13.3. The third-order valence-corrected chi connectivity index (χ3v) is 2.77. The van der Waals surface area contributed by atoms with E-state index in [-0.39, 0.29) is 6.42 Å². The van der Waals surface area contributed by atoms with Gasteiger partial charge in [0.25, 0.3) is 0 Å². The molecule has 0 aliphatic heterocycles.